The quantitative estimate of drug-likeness (QED) is 0.593. The van der Waals surface area contributed by atoms with Gasteiger partial charge < -0.3 is 0 Å². The van der Waals surface area contributed by atoms with Crippen LogP contribution >= 0.6 is 0 Å². The molecule has 0 aliphatic carbocycles. The SMILES string of the molecule is Cc1ccccc1-c1c(C)ccc(-c2ncccc2C)c1C. The average molecular weight is 287 g/mol. The molecular formula is C21H21N. The molecule has 0 spiro atoms. The predicted octanol–water partition coefficient (Wildman–Crippen LogP) is 5.65. The van der Waals surface area contributed by atoms with Crippen molar-refractivity contribution in [1.29, 1.82) is 0 Å². The van der Waals surface area contributed by atoms with Gasteiger partial charge in [0.15, 0.2) is 0 Å². The van der Waals surface area contributed by atoms with Crippen molar-refractivity contribution in [2.45, 2.75) is 27.7 Å². The van der Waals surface area contributed by atoms with Crippen LogP contribution < -0.4 is 0 Å². The summed E-state index contributed by atoms with van der Waals surface area (Å²) >= 11 is 0. The molecule has 1 heteroatoms. The van der Waals surface area contributed by atoms with Gasteiger partial charge in [-0.15, -0.1) is 0 Å². The molecule has 1 nitrogen and oxygen atoms in total. The zero-order chi connectivity index (χ0) is 15.7. The Morgan fingerprint density at radius 3 is 2.09 bits per heavy atom. The smallest absolute Gasteiger partial charge is 0.0733 e. The van der Waals surface area contributed by atoms with E-state index in [9.17, 15) is 0 Å². The van der Waals surface area contributed by atoms with Crippen LogP contribution in [0.2, 0.25) is 0 Å². The highest BCUT2D eigenvalue weighted by molar-refractivity contribution is 5.81. The highest BCUT2D eigenvalue weighted by Crippen LogP contribution is 2.35. The van der Waals surface area contributed by atoms with Crippen LogP contribution in [0.3, 0.4) is 0 Å². The Labute approximate surface area is 132 Å². The van der Waals surface area contributed by atoms with Crippen molar-refractivity contribution >= 4 is 0 Å². The van der Waals surface area contributed by atoms with E-state index in [0.717, 1.165) is 5.69 Å². The van der Waals surface area contributed by atoms with Crippen LogP contribution in [0.1, 0.15) is 22.3 Å². The van der Waals surface area contributed by atoms with Crippen LogP contribution in [0.15, 0.2) is 54.7 Å². The molecule has 1 heterocycles. The molecule has 0 N–H and O–H groups in total. The molecule has 0 amide bonds. The number of aryl methyl sites for hydroxylation is 3. The summed E-state index contributed by atoms with van der Waals surface area (Å²) in [5.41, 5.74) is 10.1. The minimum absolute atomic E-state index is 1.08. The molecule has 0 saturated heterocycles. The molecule has 0 atom stereocenters. The van der Waals surface area contributed by atoms with Gasteiger partial charge in [-0.3, -0.25) is 4.98 Å². The number of rotatable bonds is 2. The van der Waals surface area contributed by atoms with Crippen LogP contribution in [0.4, 0.5) is 0 Å². The first-order chi connectivity index (χ1) is 10.6. The summed E-state index contributed by atoms with van der Waals surface area (Å²) in [6.45, 7) is 8.68. The summed E-state index contributed by atoms with van der Waals surface area (Å²) in [6.07, 6.45) is 1.87. The molecule has 3 rings (SSSR count). The number of nitrogens with zero attached hydrogens (tertiary/aromatic N) is 1. The van der Waals surface area contributed by atoms with Crippen molar-refractivity contribution in [3.8, 4) is 22.4 Å². The van der Waals surface area contributed by atoms with Gasteiger partial charge in [0.1, 0.15) is 0 Å². The van der Waals surface area contributed by atoms with E-state index in [2.05, 4.69) is 75.1 Å². The fourth-order valence-electron chi connectivity index (χ4n) is 3.14. The molecule has 110 valence electrons. The van der Waals surface area contributed by atoms with Crippen molar-refractivity contribution in [3.05, 3.63) is 77.0 Å². The Morgan fingerprint density at radius 2 is 1.36 bits per heavy atom. The van der Waals surface area contributed by atoms with Gasteiger partial charge in [0.05, 0.1) is 5.69 Å². The normalized spacial score (nSPS) is 10.7. The Morgan fingerprint density at radius 1 is 0.636 bits per heavy atom. The number of aromatic nitrogens is 1. The summed E-state index contributed by atoms with van der Waals surface area (Å²) in [5.74, 6) is 0. The summed E-state index contributed by atoms with van der Waals surface area (Å²) in [6, 6.07) is 17.1. The van der Waals surface area contributed by atoms with Crippen LogP contribution in [0.5, 0.6) is 0 Å². The second kappa shape index (κ2) is 5.76. The van der Waals surface area contributed by atoms with Gasteiger partial charge in [-0.2, -0.15) is 0 Å². The molecular weight excluding hydrogens is 266 g/mol. The van der Waals surface area contributed by atoms with Crippen LogP contribution in [0, 0.1) is 27.7 Å². The molecule has 2 aromatic carbocycles. The minimum atomic E-state index is 1.08. The van der Waals surface area contributed by atoms with E-state index < -0.39 is 0 Å². The molecule has 0 aliphatic heterocycles. The van der Waals surface area contributed by atoms with E-state index in [-0.39, 0.29) is 0 Å². The fraction of sp³-hybridized carbons (Fsp3) is 0.190. The lowest BCUT2D eigenvalue weighted by atomic mass is 9.88. The Balaban J connectivity index is 2.28. The van der Waals surface area contributed by atoms with Crippen molar-refractivity contribution < 1.29 is 0 Å². The Hall–Kier alpha value is -2.41. The number of hydrogen-bond acceptors (Lipinski definition) is 1. The minimum Gasteiger partial charge on any atom is -0.256 e. The molecule has 0 unspecified atom stereocenters. The summed E-state index contributed by atoms with van der Waals surface area (Å²) in [7, 11) is 0. The third-order valence-corrected chi connectivity index (χ3v) is 4.35. The van der Waals surface area contributed by atoms with Gasteiger partial charge >= 0.3 is 0 Å². The molecule has 0 bridgehead atoms. The van der Waals surface area contributed by atoms with E-state index in [1.807, 2.05) is 12.3 Å². The predicted molar refractivity (Wildman–Crippen MR) is 94.1 cm³/mol. The monoisotopic (exact) mass is 287 g/mol. The van der Waals surface area contributed by atoms with Gasteiger partial charge in [0.2, 0.25) is 0 Å². The summed E-state index contributed by atoms with van der Waals surface area (Å²) in [4.78, 5) is 4.60. The largest absolute Gasteiger partial charge is 0.256 e. The highest BCUT2D eigenvalue weighted by Gasteiger charge is 2.14. The molecule has 1 aromatic heterocycles. The summed E-state index contributed by atoms with van der Waals surface area (Å²) in [5, 5.41) is 0. The lowest BCUT2D eigenvalue weighted by molar-refractivity contribution is 1.25. The summed E-state index contributed by atoms with van der Waals surface area (Å²) < 4.78 is 0. The van der Waals surface area contributed by atoms with Crippen molar-refractivity contribution in [2.75, 3.05) is 0 Å². The number of pyridine rings is 1. The highest BCUT2D eigenvalue weighted by atomic mass is 14.7. The first-order valence-corrected chi connectivity index (χ1v) is 7.68. The van der Waals surface area contributed by atoms with Gasteiger partial charge in [0.25, 0.3) is 0 Å². The van der Waals surface area contributed by atoms with E-state index in [1.165, 1.54) is 38.9 Å². The van der Waals surface area contributed by atoms with Gasteiger partial charge in [-0.1, -0.05) is 42.5 Å². The molecule has 0 radical (unpaired) electrons. The zero-order valence-electron chi connectivity index (χ0n) is 13.6. The van der Waals surface area contributed by atoms with Gasteiger partial charge in [-0.05, 0) is 67.1 Å². The van der Waals surface area contributed by atoms with Crippen LogP contribution in [-0.2, 0) is 0 Å². The van der Waals surface area contributed by atoms with Crippen LogP contribution in [-0.4, -0.2) is 4.98 Å². The molecule has 3 aromatic rings. The molecule has 22 heavy (non-hydrogen) atoms. The van der Waals surface area contributed by atoms with Crippen molar-refractivity contribution in [3.63, 3.8) is 0 Å². The maximum absolute atomic E-state index is 4.60. The third kappa shape index (κ3) is 2.43. The second-order valence-corrected chi connectivity index (χ2v) is 5.91. The van der Waals surface area contributed by atoms with Crippen molar-refractivity contribution in [2.24, 2.45) is 0 Å². The van der Waals surface area contributed by atoms with Gasteiger partial charge in [-0.25, -0.2) is 0 Å². The van der Waals surface area contributed by atoms with E-state index >= 15 is 0 Å². The standard InChI is InChI=1S/C21H21N/c1-14-8-5-6-10-18(14)20-15(2)11-12-19(17(20)4)21-16(3)9-7-13-22-21/h5-13H,1-4H3. The first kappa shape index (κ1) is 14.5. The zero-order valence-corrected chi connectivity index (χ0v) is 13.6. The molecule has 0 saturated carbocycles. The van der Waals surface area contributed by atoms with E-state index in [1.54, 1.807) is 0 Å². The number of benzene rings is 2. The molecule has 0 aliphatic rings. The fourth-order valence-corrected chi connectivity index (χ4v) is 3.14. The second-order valence-electron chi connectivity index (χ2n) is 5.91. The topological polar surface area (TPSA) is 12.9 Å². The Bertz CT molecular complexity index is 831. The van der Waals surface area contributed by atoms with Crippen molar-refractivity contribution in [1.82, 2.24) is 4.98 Å². The number of hydrogen-bond donors (Lipinski definition) is 0. The lowest BCUT2D eigenvalue weighted by Gasteiger charge is -2.17. The van der Waals surface area contributed by atoms with E-state index in [0.29, 0.717) is 0 Å². The third-order valence-electron chi connectivity index (χ3n) is 4.35. The van der Waals surface area contributed by atoms with Gasteiger partial charge in [0, 0.05) is 11.8 Å². The Kier molecular flexibility index (Phi) is 3.81. The lowest BCUT2D eigenvalue weighted by Crippen LogP contribution is -1.96. The average Bonchev–Trinajstić information content (AvgIpc) is 2.50. The van der Waals surface area contributed by atoms with E-state index in [4.69, 9.17) is 0 Å². The maximum atomic E-state index is 4.60. The first-order valence-electron chi connectivity index (χ1n) is 7.68. The molecule has 0 fully saturated rings. The maximum Gasteiger partial charge on any atom is 0.0733 e. The van der Waals surface area contributed by atoms with Crippen LogP contribution in [0.25, 0.3) is 22.4 Å².